The molecule has 0 radical (unpaired) electrons. The van der Waals surface area contributed by atoms with Gasteiger partial charge in [0.2, 0.25) is 0 Å². The van der Waals surface area contributed by atoms with Crippen molar-refractivity contribution < 1.29 is 9.47 Å². The summed E-state index contributed by atoms with van der Waals surface area (Å²) in [5.74, 6) is 1.43. The zero-order chi connectivity index (χ0) is 18.5. The van der Waals surface area contributed by atoms with E-state index in [2.05, 4.69) is 15.0 Å². The second kappa shape index (κ2) is 7.93. The molecule has 2 aromatic carbocycles. The van der Waals surface area contributed by atoms with Gasteiger partial charge in [0.15, 0.2) is 5.84 Å². The molecule has 4 rings (SSSR count). The van der Waals surface area contributed by atoms with Crippen LogP contribution in [0.2, 0.25) is 0 Å². The Bertz CT molecular complexity index is 955. The number of nitrogens with zero attached hydrogens (tertiary/aromatic N) is 3. The maximum absolute atomic E-state index is 5.82. The van der Waals surface area contributed by atoms with Crippen LogP contribution in [0.5, 0.6) is 5.75 Å². The van der Waals surface area contributed by atoms with Gasteiger partial charge in [0.25, 0.3) is 0 Å². The summed E-state index contributed by atoms with van der Waals surface area (Å²) in [4.78, 5) is 13.3. The van der Waals surface area contributed by atoms with Gasteiger partial charge in [-0.25, -0.2) is 15.0 Å². The van der Waals surface area contributed by atoms with E-state index in [4.69, 9.17) is 9.47 Å². The lowest BCUT2D eigenvalue weighted by molar-refractivity contribution is 0.177. The standard InChI is InChI=1S/C22H19N3O2/c1-26-19-11-12-21-20(13-19)22(24-15-23-21)25-17-7-9-18(10-8-17)27-14-16-5-3-2-4-6-16/h2-13,15,19H,14H2,1H3. The van der Waals surface area contributed by atoms with Gasteiger partial charge in [-0.2, -0.15) is 0 Å². The van der Waals surface area contributed by atoms with Crippen molar-refractivity contribution in [2.24, 2.45) is 15.0 Å². The fraction of sp³-hybridized carbons (Fsp3) is 0.136. The van der Waals surface area contributed by atoms with Gasteiger partial charge in [0.1, 0.15) is 18.7 Å². The van der Waals surface area contributed by atoms with Crippen LogP contribution >= 0.6 is 0 Å². The molecule has 1 aliphatic carbocycles. The third kappa shape index (κ3) is 4.10. The summed E-state index contributed by atoms with van der Waals surface area (Å²) < 4.78 is 11.2. The minimum Gasteiger partial charge on any atom is -0.489 e. The molecule has 0 N–H and O–H groups in total. The largest absolute Gasteiger partial charge is 0.489 e. The van der Waals surface area contributed by atoms with Gasteiger partial charge in [-0.1, -0.05) is 30.3 Å². The number of benzene rings is 2. The highest BCUT2D eigenvalue weighted by Crippen LogP contribution is 2.23. The quantitative estimate of drug-likeness (QED) is 0.801. The fourth-order valence-corrected chi connectivity index (χ4v) is 2.81. The molecule has 0 aromatic heterocycles. The topological polar surface area (TPSA) is 55.5 Å². The van der Waals surface area contributed by atoms with E-state index >= 15 is 0 Å². The third-order valence-electron chi connectivity index (χ3n) is 4.26. The van der Waals surface area contributed by atoms with E-state index in [0.29, 0.717) is 12.4 Å². The van der Waals surface area contributed by atoms with Crippen molar-refractivity contribution >= 4 is 23.6 Å². The predicted molar refractivity (Wildman–Crippen MR) is 108 cm³/mol. The van der Waals surface area contributed by atoms with Gasteiger partial charge in [-0.15, -0.1) is 0 Å². The lowest BCUT2D eigenvalue weighted by Gasteiger charge is -2.18. The molecule has 1 aliphatic heterocycles. The zero-order valence-electron chi connectivity index (χ0n) is 14.9. The molecule has 0 bridgehead atoms. The first-order chi connectivity index (χ1) is 13.3. The van der Waals surface area contributed by atoms with Gasteiger partial charge < -0.3 is 9.47 Å². The summed E-state index contributed by atoms with van der Waals surface area (Å²) >= 11 is 0. The van der Waals surface area contributed by atoms with Crippen molar-refractivity contribution in [3.8, 4) is 5.75 Å². The number of allylic oxidation sites excluding steroid dienone is 1. The average Bonchev–Trinajstić information content (AvgIpc) is 2.74. The van der Waals surface area contributed by atoms with Crippen LogP contribution in [-0.2, 0) is 11.3 Å². The Labute approximate surface area is 158 Å². The highest BCUT2D eigenvalue weighted by atomic mass is 16.5. The van der Waals surface area contributed by atoms with Crippen molar-refractivity contribution in [3.05, 3.63) is 84.0 Å². The molecule has 5 nitrogen and oxygen atoms in total. The van der Waals surface area contributed by atoms with E-state index in [-0.39, 0.29) is 6.10 Å². The summed E-state index contributed by atoms with van der Waals surface area (Å²) in [6, 6.07) is 17.7. The van der Waals surface area contributed by atoms with Crippen LogP contribution in [-0.4, -0.2) is 31.1 Å². The molecular formula is C22H19N3O2. The molecule has 5 heteroatoms. The van der Waals surface area contributed by atoms with Gasteiger partial charge in [-0.3, -0.25) is 0 Å². The Kier molecular flexibility index (Phi) is 5.03. The molecule has 1 atom stereocenters. The van der Waals surface area contributed by atoms with Crippen LogP contribution in [0.25, 0.3) is 0 Å². The molecule has 27 heavy (non-hydrogen) atoms. The number of hydrogen-bond donors (Lipinski definition) is 0. The van der Waals surface area contributed by atoms with Crippen molar-refractivity contribution in [2.45, 2.75) is 12.7 Å². The maximum atomic E-state index is 5.82. The smallest absolute Gasteiger partial charge is 0.163 e. The SMILES string of the molecule is COC1C=CC2=NC=NC(=Nc3ccc(OCc4ccccc4)cc3)C2=C1. The Balaban J connectivity index is 1.48. The summed E-state index contributed by atoms with van der Waals surface area (Å²) in [7, 11) is 1.67. The van der Waals surface area contributed by atoms with Gasteiger partial charge >= 0.3 is 0 Å². The molecule has 2 aromatic rings. The second-order valence-corrected chi connectivity index (χ2v) is 6.10. The molecule has 1 heterocycles. The Morgan fingerprint density at radius 3 is 2.63 bits per heavy atom. The Morgan fingerprint density at radius 2 is 1.85 bits per heavy atom. The van der Waals surface area contributed by atoms with Crippen LogP contribution in [0, 0.1) is 0 Å². The predicted octanol–water partition coefficient (Wildman–Crippen LogP) is 4.29. The summed E-state index contributed by atoms with van der Waals surface area (Å²) in [6.45, 7) is 0.538. The summed E-state index contributed by atoms with van der Waals surface area (Å²) in [6.07, 6.45) is 7.31. The average molecular weight is 357 g/mol. The zero-order valence-corrected chi connectivity index (χ0v) is 14.9. The Morgan fingerprint density at radius 1 is 1.04 bits per heavy atom. The molecular weight excluding hydrogens is 338 g/mol. The second-order valence-electron chi connectivity index (χ2n) is 6.10. The summed E-state index contributed by atoms with van der Waals surface area (Å²) in [5, 5.41) is 0. The van der Waals surface area contributed by atoms with Crippen LogP contribution in [0.3, 0.4) is 0 Å². The van der Waals surface area contributed by atoms with Crippen LogP contribution in [0.1, 0.15) is 5.56 Å². The number of fused-ring (bicyclic) bond motifs is 1. The first-order valence-corrected chi connectivity index (χ1v) is 8.71. The third-order valence-corrected chi connectivity index (χ3v) is 4.26. The maximum Gasteiger partial charge on any atom is 0.163 e. The minimum atomic E-state index is -0.0915. The van der Waals surface area contributed by atoms with E-state index in [9.17, 15) is 0 Å². The van der Waals surface area contributed by atoms with E-state index in [1.165, 1.54) is 6.34 Å². The van der Waals surface area contributed by atoms with Crippen molar-refractivity contribution in [2.75, 3.05) is 7.11 Å². The lowest BCUT2D eigenvalue weighted by Crippen LogP contribution is -2.21. The monoisotopic (exact) mass is 357 g/mol. The highest BCUT2D eigenvalue weighted by Gasteiger charge is 2.20. The molecule has 0 saturated carbocycles. The number of ether oxygens (including phenoxy) is 2. The van der Waals surface area contributed by atoms with E-state index in [1.807, 2.05) is 72.8 Å². The first-order valence-electron chi connectivity index (χ1n) is 8.71. The normalized spacial score (nSPS) is 19.4. The van der Waals surface area contributed by atoms with E-state index in [1.54, 1.807) is 7.11 Å². The molecule has 0 fully saturated rings. The molecule has 1 unspecified atom stereocenters. The van der Waals surface area contributed by atoms with Gasteiger partial charge in [-0.05, 0) is 48.1 Å². The lowest BCUT2D eigenvalue weighted by atomic mass is 10.00. The number of amidine groups is 1. The number of methoxy groups -OCH3 is 1. The van der Waals surface area contributed by atoms with Crippen LogP contribution < -0.4 is 4.74 Å². The molecule has 0 saturated heterocycles. The number of aliphatic imine (C=N–C) groups is 3. The minimum absolute atomic E-state index is 0.0915. The highest BCUT2D eigenvalue weighted by molar-refractivity contribution is 6.32. The molecule has 0 amide bonds. The van der Waals surface area contributed by atoms with Crippen LogP contribution in [0.15, 0.2) is 93.4 Å². The van der Waals surface area contributed by atoms with Gasteiger partial charge in [0, 0.05) is 12.7 Å². The number of hydrogen-bond acceptors (Lipinski definition) is 4. The van der Waals surface area contributed by atoms with E-state index in [0.717, 1.165) is 28.3 Å². The van der Waals surface area contributed by atoms with E-state index < -0.39 is 0 Å². The first kappa shape index (κ1) is 17.1. The van der Waals surface area contributed by atoms with Crippen molar-refractivity contribution in [1.82, 2.24) is 0 Å². The fourth-order valence-electron chi connectivity index (χ4n) is 2.81. The van der Waals surface area contributed by atoms with Crippen LogP contribution in [0.4, 0.5) is 5.69 Å². The Hall–Kier alpha value is -3.31. The van der Waals surface area contributed by atoms with Crippen molar-refractivity contribution in [3.63, 3.8) is 0 Å². The summed E-state index contributed by atoms with van der Waals surface area (Å²) in [5.41, 5.74) is 3.67. The number of rotatable bonds is 5. The molecule has 0 spiro atoms. The van der Waals surface area contributed by atoms with Gasteiger partial charge in [0.05, 0.1) is 17.5 Å². The van der Waals surface area contributed by atoms with Crippen molar-refractivity contribution in [1.29, 1.82) is 0 Å². The molecule has 2 aliphatic rings. The molecule has 134 valence electrons.